The lowest BCUT2D eigenvalue weighted by Gasteiger charge is -2.29. The summed E-state index contributed by atoms with van der Waals surface area (Å²) < 4.78 is 0. The zero-order chi connectivity index (χ0) is 12.1. The highest BCUT2D eigenvalue weighted by Crippen LogP contribution is 2.28. The van der Waals surface area contributed by atoms with Crippen LogP contribution in [0.3, 0.4) is 0 Å². The van der Waals surface area contributed by atoms with E-state index in [2.05, 4.69) is 25.1 Å². The minimum atomic E-state index is 0.512. The van der Waals surface area contributed by atoms with Crippen LogP contribution in [0.15, 0.2) is 18.2 Å². The first-order valence-electron chi connectivity index (χ1n) is 5.37. The molecular weight excluding hydrogens is 240 g/mol. The van der Waals surface area contributed by atoms with Crippen molar-refractivity contribution in [2.45, 2.75) is 19.4 Å². The van der Waals surface area contributed by atoms with Crippen LogP contribution in [0.25, 0.3) is 0 Å². The van der Waals surface area contributed by atoms with Crippen molar-refractivity contribution in [3.8, 4) is 0 Å². The molecule has 0 aliphatic carbocycles. The van der Waals surface area contributed by atoms with Gasteiger partial charge in [0.05, 0.1) is 11.4 Å². The molecule has 0 radical (unpaired) electrons. The van der Waals surface area contributed by atoms with Crippen LogP contribution in [-0.2, 0) is 0 Å². The molecule has 1 rings (SSSR count). The molecule has 0 heterocycles. The topological polar surface area (TPSA) is 29.3 Å². The average Bonchev–Trinajstić information content (AvgIpc) is 2.25. The van der Waals surface area contributed by atoms with Gasteiger partial charge in [-0.05, 0) is 30.9 Å². The Kier molecular flexibility index (Phi) is 5.29. The summed E-state index contributed by atoms with van der Waals surface area (Å²) >= 11 is 7.75. The van der Waals surface area contributed by atoms with E-state index in [0.29, 0.717) is 11.1 Å². The van der Waals surface area contributed by atoms with Crippen molar-refractivity contribution in [1.82, 2.24) is 0 Å². The molecule has 0 spiro atoms. The number of hydrogen-bond donors (Lipinski definition) is 1. The Labute approximate surface area is 107 Å². The summed E-state index contributed by atoms with van der Waals surface area (Å²) in [6.07, 6.45) is 3.24. The Hall–Kier alpha value is -0.540. The fourth-order valence-electron chi connectivity index (χ4n) is 1.74. The summed E-state index contributed by atoms with van der Waals surface area (Å²) in [5, 5.41) is 0.688. The lowest BCUT2D eigenvalue weighted by molar-refractivity contribution is 0.674. The molecule has 1 unspecified atom stereocenters. The highest BCUT2D eigenvalue weighted by atomic mass is 35.5. The molecule has 1 aromatic rings. The van der Waals surface area contributed by atoms with Gasteiger partial charge in [0.15, 0.2) is 0 Å². The molecule has 0 bridgehead atoms. The van der Waals surface area contributed by atoms with E-state index in [0.717, 1.165) is 23.5 Å². The molecular formula is C12H19ClN2S. The zero-order valence-electron chi connectivity index (χ0n) is 10.0. The normalized spacial score (nSPS) is 12.5. The van der Waals surface area contributed by atoms with Gasteiger partial charge in [-0.2, -0.15) is 11.8 Å². The van der Waals surface area contributed by atoms with Crippen molar-refractivity contribution >= 4 is 34.7 Å². The van der Waals surface area contributed by atoms with E-state index in [1.807, 2.05) is 23.9 Å². The van der Waals surface area contributed by atoms with Crippen LogP contribution in [0.2, 0.25) is 5.02 Å². The average molecular weight is 259 g/mol. The number of thioether (sulfide) groups is 1. The minimum absolute atomic E-state index is 0.512. The summed E-state index contributed by atoms with van der Waals surface area (Å²) in [4.78, 5) is 2.24. The van der Waals surface area contributed by atoms with Gasteiger partial charge in [0, 0.05) is 23.9 Å². The molecule has 1 atom stereocenters. The number of halogens is 1. The van der Waals surface area contributed by atoms with E-state index >= 15 is 0 Å². The number of hydrogen-bond acceptors (Lipinski definition) is 3. The first-order chi connectivity index (χ1) is 7.60. The van der Waals surface area contributed by atoms with Crippen LogP contribution in [0.4, 0.5) is 11.4 Å². The second-order valence-corrected chi connectivity index (χ2v) is 5.18. The maximum Gasteiger partial charge on any atom is 0.0601 e. The molecule has 0 aliphatic heterocycles. The van der Waals surface area contributed by atoms with E-state index < -0.39 is 0 Å². The predicted molar refractivity (Wildman–Crippen MR) is 76.7 cm³/mol. The molecule has 0 saturated heterocycles. The fraction of sp³-hybridized carbons (Fsp3) is 0.500. The molecule has 2 N–H and O–H groups in total. The molecule has 0 aromatic heterocycles. The lowest BCUT2D eigenvalue weighted by atomic mass is 10.2. The molecule has 16 heavy (non-hydrogen) atoms. The van der Waals surface area contributed by atoms with Crippen molar-refractivity contribution in [2.24, 2.45) is 0 Å². The Morgan fingerprint density at radius 1 is 1.50 bits per heavy atom. The molecule has 1 aromatic carbocycles. The quantitative estimate of drug-likeness (QED) is 0.820. The summed E-state index contributed by atoms with van der Waals surface area (Å²) in [6.45, 7) is 2.20. The first kappa shape index (κ1) is 13.5. The van der Waals surface area contributed by atoms with Gasteiger partial charge in [-0.25, -0.2) is 0 Å². The van der Waals surface area contributed by atoms with Gasteiger partial charge < -0.3 is 10.6 Å². The molecule has 0 fully saturated rings. The molecule has 4 heteroatoms. The third-order valence-corrected chi connectivity index (χ3v) is 3.70. The zero-order valence-corrected chi connectivity index (χ0v) is 11.6. The van der Waals surface area contributed by atoms with Gasteiger partial charge in [-0.15, -0.1) is 0 Å². The maximum atomic E-state index is 5.98. The fourth-order valence-corrected chi connectivity index (χ4v) is 2.76. The van der Waals surface area contributed by atoms with Gasteiger partial charge in [0.25, 0.3) is 0 Å². The van der Waals surface area contributed by atoms with Crippen LogP contribution in [0.1, 0.15) is 13.3 Å². The molecule has 2 nitrogen and oxygen atoms in total. The Balaban J connectivity index is 2.89. The summed E-state index contributed by atoms with van der Waals surface area (Å²) in [5.74, 6) is 1.11. The van der Waals surface area contributed by atoms with Gasteiger partial charge in [0.2, 0.25) is 0 Å². The van der Waals surface area contributed by atoms with Crippen LogP contribution in [0.5, 0.6) is 0 Å². The highest BCUT2D eigenvalue weighted by molar-refractivity contribution is 7.98. The van der Waals surface area contributed by atoms with E-state index in [9.17, 15) is 0 Å². The first-order valence-corrected chi connectivity index (χ1v) is 7.14. The maximum absolute atomic E-state index is 5.98. The van der Waals surface area contributed by atoms with E-state index in [-0.39, 0.29) is 0 Å². The van der Waals surface area contributed by atoms with E-state index in [1.165, 1.54) is 0 Å². The van der Waals surface area contributed by atoms with E-state index in [1.54, 1.807) is 6.07 Å². The number of nitrogen functional groups attached to an aromatic ring is 1. The number of nitrogens with two attached hydrogens (primary N) is 1. The lowest BCUT2D eigenvalue weighted by Crippen LogP contribution is -2.33. The molecule has 0 aliphatic rings. The van der Waals surface area contributed by atoms with Crippen molar-refractivity contribution in [1.29, 1.82) is 0 Å². The van der Waals surface area contributed by atoms with Crippen LogP contribution >= 0.6 is 23.4 Å². The standard InChI is InChI=1S/C12H19ClN2S/c1-4-10(8-16-3)15(2)12-6-5-9(13)7-11(12)14/h5-7,10H,4,8,14H2,1-3H3. The predicted octanol–water partition coefficient (Wildman–Crippen LogP) is 3.50. The SMILES string of the molecule is CCC(CSC)N(C)c1ccc(Cl)cc1N. The molecule has 0 amide bonds. The van der Waals surface area contributed by atoms with Crippen molar-refractivity contribution in [3.05, 3.63) is 23.2 Å². The number of nitrogens with zero attached hydrogens (tertiary/aromatic N) is 1. The third kappa shape index (κ3) is 3.22. The second kappa shape index (κ2) is 6.26. The van der Waals surface area contributed by atoms with Crippen LogP contribution < -0.4 is 10.6 Å². The third-order valence-electron chi connectivity index (χ3n) is 2.75. The summed E-state index contributed by atoms with van der Waals surface area (Å²) in [7, 11) is 2.09. The van der Waals surface area contributed by atoms with Gasteiger partial charge >= 0.3 is 0 Å². The molecule has 0 saturated carbocycles. The Morgan fingerprint density at radius 3 is 2.69 bits per heavy atom. The monoisotopic (exact) mass is 258 g/mol. The summed E-state index contributed by atoms with van der Waals surface area (Å²) in [5.41, 5.74) is 7.78. The van der Waals surface area contributed by atoms with Gasteiger partial charge in [0.1, 0.15) is 0 Å². The number of rotatable bonds is 5. The van der Waals surface area contributed by atoms with Crippen LogP contribution in [-0.4, -0.2) is 25.1 Å². The number of anilines is 2. The smallest absolute Gasteiger partial charge is 0.0601 e. The highest BCUT2D eigenvalue weighted by Gasteiger charge is 2.14. The Morgan fingerprint density at radius 2 is 2.19 bits per heavy atom. The minimum Gasteiger partial charge on any atom is -0.397 e. The van der Waals surface area contributed by atoms with Gasteiger partial charge in [-0.1, -0.05) is 18.5 Å². The largest absolute Gasteiger partial charge is 0.397 e. The van der Waals surface area contributed by atoms with E-state index in [4.69, 9.17) is 17.3 Å². The Bertz CT molecular complexity index is 344. The number of benzene rings is 1. The van der Waals surface area contributed by atoms with Gasteiger partial charge in [-0.3, -0.25) is 0 Å². The summed E-state index contributed by atoms with van der Waals surface area (Å²) in [6, 6.07) is 6.19. The molecule has 90 valence electrons. The van der Waals surface area contributed by atoms with Crippen molar-refractivity contribution in [3.63, 3.8) is 0 Å². The van der Waals surface area contributed by atoms with Crippen molar-refractivity contribution < 1.29 is 0 Å². The second-order valence-electron chi connectivity index (χ2n) is 3.83. The van der Waals surface area contributed by atoms with Crippen LogP contribution in [0, 0.1) is 0 Å². The van der Waals surface area contributed by atoms with Crippen molar-refractivity contribution in [2.75, 3.05) is 29.7 Å².